The number of fused-ring (bicyclic) bond motifs is 6. The zero-order valence-corrected chi connectivity index (χ0v) is 25.2. The molecule has 1 aliphatic heterocycles. The molecule has 3 nitrogen and oxygen atoms in total. The van der Waals surface area contributed by atoms with Gasteiger partial charge in [0.2, 0.25) is 0 Å². The summed E-state index contributed by atoms with van der Waals surface area (Å²) in [5.41, 5.74) is 5.02. The van der Waals surface area contributed by atoms with E-state index in [0.29, 0.717) is 0 Å². The molecule has 1 saturated heterocycles. The molecule has 0 N–H and O–H groups in total. The highest BCUT2D eigenvalue weighted by Gasteiger charge is 2.52. The molecular weight excluding hydrogens is 544 g/mol. The summed E-state index contributed by atoms with van der Waals surface area (Å²) in [6.07, 6.45) is 0. The summed E-state index contributed by atoms with van der Waals surface area (Å²) >= 11 is 0. The Hall–Kier alpha value is -4.58. The van der Waals surface area contributed by atoms with Crippen molar-refractivity contribution in [2.24, 2.45) is 0 Å². The topological polar surface area (TPSA) is 31.4 Å². The van der Waals surface area contributed by atoms with Crippen molar-refractivity contribution in [3.05, 3.63) is 121 Å². The summed E-state index contributed by atoms with van der Waals surface area (Å²) in [6.45, 7) is 8.34. The van der Waals surface area contributed by atoms with E-state index in [9.17, 15) is 4.39 Å². The highest BCUT2D eigenvalue weighted by Crippen LogP contribution is 2.43. The molecule has 8 rings (SSSR count). The minimum Gasteiger partial charge on any atom is -0.399 e. The van der Waals surface area contributed by atoms with Crippen LogP contribution in [0.5, 0.6) is 0 Å². The van der Waals surface area contributed by atoms with Crippen LogP contribution in [0.25, 0.3) is 65.6 Å². The third-order valence-corrected chi connectivity index (χ3v) is 9.58. The number of pyridine rings is 1. The lowest BCUT2D eigenvalue weighted by Gasteiger charge is -2.32. The Labute approximate surface area is 256 Å². The summed E-state index contributed by atoms with van der Waals surface area (Å²) in [4.78, 5) is 5.15. The first-order valence-electron chi connectivity index (χ1n) is 15.1. The molecule has 0 radical (unpaired) electrons. The van der Waals surface area contributed by atoms with Crippen molar-refractivity contribution in [3.8, 4) is 22.4 Å². The molecule has 1 fully saturated rings. The summed E-state index contributed by atoms with van der Waals surface area (Å²) in [5.74, 6) is -0.265. The average molecular weight is 575 g/mol. The number of hydrogen-bond acceptors (Lipinski definition) is 3. The van der Waals surface area contributed by atoms with Crippen LogP contribution < -0.4 is 5.46 Å². The summed E-state index contributed by atoms with van der Waals surface area (Å²) < 4.78 is 27.0. The molecule has 7 aromatic rings. The average Bonchev–Trinajstić information content (AvgIpc) is 3.25. The van der Waals surface area contributed by atoms with Crippen molar-refractivity contribution >= 4 is 55.8 Å². The second-order valence-corrected chi connectivity index (χ2v) is 12.7. The lowest BCUT2D eigenvalue weighted by Crippen LogP contribution is -2.41. The van der Waals surface area contributed by atoms with Crippen LogP contribution in [0.3, 0.4) is 0 Å². The van der Waals surface area contributed by atoms with E-state index in [0.717, 1.165) is 71.1 Å². The van der Waals surface area contributed by atoms with Gasteiger partial charge in [-0.05, 0) is 102 Å². The molecule has 2 heterocycles. The molecule has 0 saturated carbocycles. The zero-order chi connectivity index (χ0) is 30.2. The first kappa shape index (κ1) is 27.0. The van der Waals surface area contributed by atoms with Gasteiger partial charge in [-0.15, -0.1) is 0 Å². The van der Waals surface area contributed by atoms with Gasteiger partial charge in [-0.3, -0.25) is 0 Å². The van der Waals surface area contributed by atoms with Crippen molar-refractivity contribution < 1.29 is 13.7 Å². The third kappa shape index (κ3) is 4.07. The van der Waals surface area contributed by atoms with E-state index >= 15 is 0 Å². The van der Waals surface area contributed by atoms with Gasteiger partial charge >= 0.3 is 7.12 Å². The van der Waals surface area contributed by atoms with Gasteiger partial charge in [-0.2, -0.15) is 0 Å². The van der Waals surface area contributed by atoms with Crippen LogP contribution in [0, 0.1) is 5.82 Å². The van der Waals surface area contributed by atoms with Crippen molar-refractivity contribution in [2.45, 2.75) is 38.9 Å². The van der Waals surface area contributed by atoms with E-state index in [1.165, 1.54) is 12.1 Å². The van der Waals surface area contributed by atoms with Crippen LogP contribution in [0.15, 0.2) is 115 Å². The number of benzene rings is 6. The number of para-hydroxylation sites is 1. The van der Waals surface area contributed by atoms with Gasteiger partial charge in [0, 0.05) is 21.7 Å². The molecule has 0 spiro atoms. The lowest BCUT2D eigenvalue weighted by molar-refractivity contribution is 0.00578. The monoisotopic (exact) mass is 575 g/mol. The molecule has 1 aliphatic rings. The SMILES string of the molecule is CC1(C)OB(c2ccc(-c3cc4c(-c5ccc(F)cc5)nc5ccccc5c4c4ccccc34)c3ccccc23)OC1(C)C. The molecule has 6 aromatic carbocycles. The molecule has 214 valence electrons. The second-order valence-electron chi connectivity index (χ2n) is 12.7. The van der Waals surface area contributed by atoms with Crippen LogP contribution in [0.2, 0.25) is 0 Å². The molecule has 5 heteroatoms. The maximum Gasteiger partial charge on any atom is 0.495 e. The number of hydrogen-bond donors (Lipinski definition) is 0. The van der Waals surface area contributed by atoms with Crippen molar-refractivity contribution in [1.82, 2.24) is 4.98 Å². The van der Waals surface area contributed by atoms with Gasteiger partial charge in [0.05, 0.1) is 22.4 Å². The lowest BCUT2D eigenvalue weighted by atomic mass is 9.74. The van der Waals surface area contributed by atoms with E-state index in [1.54, 1.807) is 0 Å². The number of halogens is 1. The van der Waals surface area contributed by atoms with Gasteiger partial charge in [-0.1, -0.05) is 78.9 Å². The normalized spacial score (nSPS) is 16.0. The Morgan fingerprint density at radius 3 is 1.82 bits per heavy atom. The Morgan fingerprint density at radius 2 is 1.14 bits per heavy atom. The Morgan fingerprint density at radius 1 is 0.568 bits per heavy atom. The molecule has 0 bridgehead atoms. The van der Waals surface area contributed by atoms with Crippen LogP contribution >= 0.6 is 0 Å². The summed E-state index contributed by atoms with van der Waals surface area (Å²) in [7, 11) is -0.465. The predicted molar refractivity (Wildman–Crippen MR) is 181 cm³/mol. The van der Waals surface area contributed by atoms with Crippen LogP contribution in [0.4, 0.5) is 4.39 Å². The Kier molecular flexibility index (Phi) is 5.96. The van der Waals surface area contributed by atoms with E-state index in [1.807, 2.05) is 24.3 Å². The van der Waals surface area contributed by atoms with E-state index in [2.05, 4.69) is 107 Å². The number of nitrogens with zero attached hydrogens (tertiary/aromatic N) is 1. The van der Waals surface area contributed by atoms with Crippen LogP contribution in [-0.4, -0.2) is 23.3 Å². The van der Waals surface area contributed by atoms with E-state index in [-0.39, 0.29) is 5.82 Å². The maximum absolute atomic E-state index is 14.0. The van der Waals surface area contributed by atoms with Gasteiger partial charge in [0.1, 0.15) is 5.82 Å². The highest BCUT2D eigenvalue weighted by atomic mass is 19.1. The third-order valence-electron chi connectivity index (χ3n) is 9.58. The first-order chi connectivity index (χ1) is 21.2. The molecule has 0 amide bonds. The van der Waals surface area contributed by atoms with Gasteiger partial charge in [0.25, 0.3) is 0 Å². The maximum atomic E-state index is 14.0. The zero-order valence-electron chi connectivity index (χ0n) is 25.2. The van der Waals surface area contributed by atoms with E-state index in [4.69, 9.17) is 14.3 Å². The minimum absolute atomic E-state index is 0.265. The largest absolute Gasteiger partial charge is 0.495 e. The number of aromatic nitrogens is 1. The summed E-state index contributed by atoms with van der Waals surface area (Å²) in [6, 6.07) is 38.6. The van der Waals surface area contributed by atoms with E-state index < -0.39 is 18.3 Å². The first-order valence-corrected chi connectivity index (χ1v) is 15.1. The highest BCUT2D eigenvalue weighted by molar-refractivity contribution is 6.65. The van der Waals surface area contributed by atoms with Crippen LogP contribution in [0.1, 0.15) is 27.7 Å². The molecule has 0 aliphatic carbocycles. The standard InChI is InChI=1S/C39H31BFNO2/c1-38(2)39(3,4)44-40(43-38)34-22-21-28(26-11-5-7-13-29(26)34)32-23-33-36(30-14-8-6-12-27(30)32)31-15-9-10-16-35(31)42-37(33)24-17-19-25(41)20-18-24/h5-23H,1-4H3. The molecular formula is C39H31BFNO2. The summed E-state index contributed by atoms with van der Waals surface area (Å²) in [5, 5.41) is 7.81. The Balaban J connectivity index is 1.44. The smallest absolute Gasteiger partial charge is 0.399 e. The molecule has 1 aromatic heterocycles. The second kappa shape index (κ2) is 9.72. The fourth-order valence-corrected chi connectivity index (χ4v) is 6.60. The number of rotatable bonds is 3. The Bertz CT molecular complexity index is 2240. The predicted octanol–water partition coefficient (Wildman–Crippen LogP) is 9.47. The van der Waals surface area contributed by atoms with Gasteiger partial charge in [0.15, 0.2) is 0 Å². The van der Waals surface area contributed by atoms with Crippen molar-refractivity contribution in [3.63, 3.8) is 0 Å². The molecule has 0 atom stereocenters. The van der Waals surface area contributed by atoms with Crippen molar-refractivity contribution in [1.29, 1.82) is 0 Å². The molecule has 44 heavy (non-hydrogen) atoms. The fourth-order valence-electron chi connectivity index (χ4n) is 6.60. The van der Waals surface area contributed by atoms with Gasteiger partial charge in [-0.25, -0.2) is 9.37 Å². The minimum atomic E-state index is -0.465. The molecule has 0 unspecified atom stereocenters. The quantitative estimate of drug-likeness (QED) is 0.155. The van der Waals surface area contributed by atoms with Crippen molar-refractivity contribution in [2.75, 3.05) is 0 Å². The fraction of sp³-hybridized carbons (Fsp3) is 0.154. The van der Waals surface area contributed by atoms with Crippen LogP contribution in [-0.2, 0) is 9.31 Å². The van der Waals surface area contributed by atoms with Gasteiger partial charge < -0.3 is 9.31 Å².